The first kappa shape index (κ1) is 21.5. The zero-order chi connectivity index (χ0) is 17.5. The lowest BCUT2D eigenvalue weighted by atomic mass is 9.86. The average Bonchev–Trinajstić information content (AvgIpc) is 3.20. The van der Waals surface area contributed by atoms with E-state index in [1.807, 2.05) is 0 Å². The number of halogens is 1. The van der Waals surface area contributed by atoms with E-state index in [0.717, 1.165) is 64.1 Å². The van der Waals surface area contributed by atoms with Crippen LogP contribution in [0.5, 0.6) is 0 Å². The van der Waals surface area contributed by atoms with Crippen molar-refractivity contribution in [3.8, 4) is 0 Å². The summed E-state index contributed by atoms with van der Waals surface area (Å²) in [6, 6.07) is -0.00295. The van der Waals surface area contributed by atoms with Crippen molar-refractivity contribution in [2.45, 2.75) is 76.7 Å². The second kappa shape index (κ2) is 11.1. The van der Waals surface area contributed by atoms with Crippen molar-refractivity contribution >= 4 is 24.2 Å². The van der Waals surface area contributed by atoms with Crippen LogP contribution in [0, 0.1) is 11.8 Å². The summed E-state index contributed by atoms with van der Waals surface area (Å²) in [6.07, 6.45) is 12.7. The second-order valence-corrected chi connectivity index (χ2v) is 8.28. The van der Waals surface area contributed by atoms with E-state index in [0.29, 0.717) is 18.4 Å². The van der Waals surface area contributed by atoms with E-state index < -0.39 is 0 Å². The van der Waals surface area contributed by atoms with Crippen LogP contribution in [0.15, 0.2) is 0 Å². The van der Waals surface area contributed by atoms with E-state index in [4.69, 9.17) is 0 Å². The molecule has 3 fully saturated rings. The molecule has 0 bridgehead atoms. The van der Waals surface area contributed by atoms with E-state index in [2.05, 4.69) is 15.5 Å². The van der Waals surface area contributed by atoms with Crippen LogP contribution in [-0.2, 0) is 9.59 Å². The fraction of sp³-hybridized carbons (Fsp3) is 0.900. The van der Waals surface area contributed by atoms with Crippen molar-refractivity contribution in [3.05, 3.63) is 0 Å². The highest BCUT2D eigenvalue weighted by Gasteiger charge is 2.26. The van der Waals surface area contributed by atoms with Crippen LogP contribution < -0.4 is 10.6 Å². The number of amides is 2. The first-order chi connectivity index (χ1) is 12.2. The molecule has 26 heavy (non-hydrogen) atoms. The van der Waals surface area contributed by atoms with Gasteiger partial charge in [0.05, 0.1) is 6.04 Å². The largest absolute Gasteiger partial charge is 0.354 e. The molecule has 2 atom stereocenters. The third-order valence-corrected chi connectivity index (χ3v) is 6.30. The van der Waals surface area contributed by atoms with Gasteiger partial charge in [0.25, 0.3) is 0 Å². The Labute approximate surface area is 164 Å². The van der Waals surface area contributed by atoms with Gasteiger partial charge in [-0.1, -0.05) is 32.1 Å². The molecule has 0 aromatic heterocycles. The molecule has 0 spiro atoms. The highest BCUT2D eigenvalue weighted by Crippen LogP contribution is 2.28. The van der Waals surface area contributed by atoms with Crippen LogP contribution in [-0.4, -0.2) is 48.9 Å². The van der Waals surface area contributed by atoms with Gasteiger partial charge in [0.1, 0.15) is 0 Å². The molecule has 2 saturated heterocycles. The van der Waals surface area contributed by atoms with Crippen LogP contribution in [0.25, 0.3) is 0 Å². The highest BCUT2D eigenvalue weighted by atomic mass is 35.5. The fourth-order valence-corrected chi connectivity index (χ4v) is 4.70. The summed E-state index contributed by atoms with van der Waals surface area (Å²) in [4.78, 5) is 26.7. The molecule has 2 unspecified atom stereocenters. The third kappa shape index (κ3) is 6.41. The lowest BCUT2D eigenvalue weighted by Gasteiger charge is -2.33. The Hall–Kier alpha value is -0.810. The summed E-state index contributed by atoms with van der Waals surface area (Å²) in [5.41, 5.74) is 0. The van der Waals surface area contributed by atoms with Crippen molar-refractivity contribution in [3.63, 3.8) is 0 Å². The Bertz CT molecular complexity index is 448. The average molecular weight is 386 g/mol. The number of carbonyl (C=O) groups is 2. The van der Waals surface area contributed by atoms with Crippen molar-refractivity contribution in [1.82, 2.24) is 15.5 Å². The number of nitrogens with one attached hydrogen (secondary N) is 2. The first-order valence-corrected chi connectivity index (χ1v) is 10.5. The predicted molar refractivity (Wildman–Crippen MR) is 106 cm³/mol. The molecule has 2 N–H and O–H groups in total. The SMILES string of the molecule is Cl.O=C(NCC1CCCN(C(=O)CCC2CCCCC2)C1)C1CCCN1. The van der Waals surface area contributed by atoms with Crippen LogP contribution in [0.4, 0.5) is 0 Å². The number of piperidine rings is 1. The van der Waals surface area contributed by atoms with E-state index in [-0.39, 0.29) is 24.4 Å². The maximum Gasteiger partial charge on any atom is 0.237 e. The molecule has 0 radical (unpaired) electrons. The van der Waals surface area contributed by atoms with E-state index in [1.54, 1.807) is 0 Å². The topological polar surface area (TPSA) is 61.4 Å². The minimum absolute atomic E-state index is 0. The molecule has 1 aliphatic carbocycles. The molecule has 3 aliphatic rings. The van der Waals surface area contributed by atoms with Gasteiger partial charge >= 0.3 is 0 Å². The number of hydrogen-bond acceptors (Lipinski definition) is 3. The zero-order valence-corrected chi connectivity index (χ0v) is 16.8. The molecule has 6 heteroatoms. The molecule has 2 amide bonds. The molecule has 5 nitrogen and oxygen atoms in total. The molecule has 0 aromatic carbocycles. The second-order valence-electron chi connectivity index (χ2n) is 8.28. The fourth-order valence-electron chi connectivity index (χ4n) is 4.70. The van der Waals surface area contributed by atoms with Gasteiger partial charge in [-0.2, -0.15) is 0 Å². The smallest absolute Gasteiger partial charge is 0.237 e. The number of carbonyl (C=O) groups excluding carboxylic acids is 2. The molecule has 1 saturated carbocycles. The van der Waals surface area contributed by atoms with Gasteiger partial charge in [-0.15, -0.1) is 12.4 Å². The zero-order valence-electron chi connectivity index (χ0n) is 16.0. The molecule has 2 aliphatic heterocycles. The van der Waals surface area contributed by atoms with Crippen LogP contribution in [0.2, 0.25) is 0 Å². The number of hydrogen-bond donors (Lipinski definition) is 2. The Morgan fingerprint density at radius 3 is 2.46 bits per heavy atom. The maximum atomic E-state index is 12.6. The normalized spacial score (nSPS) is 27.0. The van der Waals surface area contributed by atoms with Gasteiger partial charge in [-0.05, 0) is 50.5 Å². The van der Waals surface area contributed by atoms with Gasteiger partial charge in [0.2, 0.25) is 11.8 Å². The number of rotatable bonds is 6. The third-order valence-electron chi connectivity index (χ3n) is 6.30. The van der Waals surface area contributed by atoms with Crippen LogP contribution >= 0.6 is 12.4 Å². The van der Waals surface area contributed by atoms with E-state index in [1.165, 1.54) is 32.1 Å². The predicted octanol–water partition coefficient (Wildman–Crippen LogP) is 2.88. The summed E-state index contributed by atoms with van der Waals surface area (Å²) >= 11 is 0. The van der Waals surface area contributed by atoms with Crippen LogP contribution in [0.3, 0.4) is 0 Å². The summed E-state index contributed by atoms with van der Waals surface area (Å²) < 4.78 is 0. The Kier molecular flexibility index (Phi) is 9.20. The van der Waals surface area contributed by atoms with Gasteiger partial charge in [-0.25, -0.2) is 0 Å². The Morgan fingerprint density at radius 1 is 0.962 bits per heavy atom. The molecule has 0 aromatic rings. The van der Waals surface area contributed by atoms with Crippen molar-refractivity contribution in [2.75, 3.05) is 26.2 Å². The molecular formula is C20H36ClN3O2. The molecule has 3 rings (SSSR count). The quantitative estimate of drug-likeness (QED) is 0.739. The van der Waals surface area contributed by atoms with Gasteiger partial charge in [0, 0.05) is 26.1 Å². The summed E-state index contributed by atoms with van der Waals surface area (Å²) in [7, 11) is 0. The highest BCUT2D eigenvalue weighted by molar-refractivity contribution is 5.85. The standard InChI is InChI=1S/C20H35N3O2.ClH/c24-19(11-10-16-6-2-1-3-7-16)23-13-5-8-17(15-23)14-22-20(25)18-9-4-12-21-18;/h16-18,21H,1-15H2,(H,22,25);1H. The van der Waals surface area contributed by atoms with Crippen molar-refractivity contribution in [2.24, 2.45) is 11.8 Å². The lowest BCUT2D eigenvalue weighted by molar-refractivity contribution is -0.133. The Balaban J connectivity index is 0.00000243. The minimum Gasteiger partial charge on any atom is -0.354 e. The summed E-state index contributed by atoms with van der Waals surface area (Å²) in [6.45, 7) is 3.38. The molecule has 2 heterocycles. The lowest BCUT2D eigenvalue weighted by Crippen LogP contribution is -2.46. The Morgan fingerprint density at radius 2 is 1.73 bits per heavy atom. The van der Waals surface area contributed by atoms with Gasteiger partial charge < -0.3 is 15.5 Å². The molecule has 150 valence electrons. The summed E-state index contributed by atoms with van der Waals surface area (Å²) in [5, 5.41) is 6.34. The van der Waals surface area contributed by atoms with Crippen molar-refractivity contribution in [1.29, 1.82) is 0 Å². The minimum atomic E-state index is -0.00295. The maximum absolute atomic E-state index is 12.6. The van der Waals surface area contributed by atoms with E-state index >= 15 is 0 Å². The van der Waals surface area contributed by atoms with Gasteiger partial charge in [0.15, 0.2) is 0 Å². The van der Waals surface area contributed by atoms with E-state index in [9.17, 15) is 9.59 Å². The number of likely N-dealkylation sites (tertiary alicyclic amines) is 1. The monoisotopic (exact) mass is 385 g/mol. The summed E-state index contributed by atoms with van der Waals surface area (Å²) in [5.74, 6) is 1.66. The molecular weight excluding hydrogens is 350 g/mol. The van der Waals surface area contributed by atoms with Crippen LogP contribution in [0.1, 0.15) is 70.6 Å². The first-order valence-electron chi connectivity index (χ1n) is 10.5. The van der Waals surface area contributed by atoms with Gasteiger partial charge in [-0.3, -0.25) is 9.59 Å². The van der Waals surface area contributed by atoms with Crippen molar-refractivity contribution < 1.29 is 9.59 Å². The number of nitrogens with zero attached hydrogens (tertiary/aromatic N) is 1.